The monoisotopic (exact) mass is 389 g/mol. The van der Waals surface area contributed by atoms with E-state index in [9.17, 15) is 14.4 Å². The van der Waals surface area contributed by atoms with Gasteiger partial charge in [0.05, 0.1) is 6.10 Å². The van der Waals surface area contributed by atoms with Crippen LogP contribution in [0.25, 0.3) is 0 Å². The number of hydrogen-bond acceptors (Lipinski definition) is 5. The third-order valence-corrected chi connectivity index (χ3v) is 4.66. The van der Waals surface area contributed by atoms with E-state index in [1.54, 1.807) is 19.1 Å². The van der Waals surface area contributed by atoms with Crippen molar-refractivity contribution < 1.29 is 19.1 Å². The smallest absolute Gasteiger partial charge is 0.251 e. The molecule has 7 heteroatoms. The molecule has 1 aliphatic heterocycles. The van der Waals surface area contributed by atoms with Crippen LogP contribution >= 0.6 is 0 Å². The van der Waals surface area contributed by atoms with Crippen molar-refractivity contribution in [3.63, 3.8) is 0 Å². The molecule has 1 heterocycles. The minimum atomic E-state index is -0.717. The van der Waals surface area contributed by atoms with E-state index < -0.39 is 12.1 Å². The molecule has 2 amide bonds. The van der Waals surface area contributed by atoms with Gasteiger partial charge in [-0.1, -0.05) is 20.8 Å². The van der Waals surface area contributed by atoms with Crippen LogP contribution in [0, 0.1) is 5.92 Å². The number of Topliss-reactive ketones (excluding diaryl/α,β-unsaturated/α-hetero) is 1. The number of benzene rings is 1. The van der Waals surface area contributed by atoms with Crippen LogP contribution in [-0.4, -0.2) is 48.9 Å². The molecular weight excluding hydrogens is 358 g/mol. The first kappa shape index (κ1) is 21.9. The van der Waals surface area contributed by atoms with Crippen molar-refractivity contribution in [1.29, 1.82) is 0 Å². The second-order valence-electron chi connectivity index (χ2n) is 7.63. The largest absolute Gasteiger partial charge is 0.385 e. The fraction of sp³-hybridized carbons (Fsp3) is 0.571. The average molecular weight is 389 g/mol. The summed E-state index contributed by atoms with van der Waals surface area (Å²) < 4.78 is 5.27. The molecule has 2 rings (SSSR count). The maximum Gasteiger partial charge on any atom is 0.251 e. The Morgan fingerprint density at radius 2 is 1.89 bits per heavy atom. The summed E-state index contributed by atoms with van der Waals surface area (Å²) in [6, 6.07) is 5.77. The molecule has 1 aromatic carbocycles. The number of hydrogen-bond donors (Lipinski definition) is 3. The summed E-state index contributed by atoms with van der Waals surface area (Å²) in [4.78, 5) is 37.2. The topological polar surface area (TPSA) is 96.5 Å². The Kier molecular flexibility index (Phi) is 7.99. The van der Waals surface area contributed by atoms with Gasteiger partial charge in [-0.15, -0.1) is 0 Å². The lowest BCUT2D eigenvalue weighted by Gasteiger charge is -2.23. The summed E-state index contributed by atoms with van der Waals surface area (Å²) in [6.07, 6.45) is 1.13. The minimum absolute atomic E-state index is 0.00569. The molecule has 28 heavy (non-hydrogen) atoms. The fourth-order valence-corrected chi connectivity index (χ4v) is 3.07. The number of anilines is 1. The van der Waals surface area contributed by atoms with Gasteiger partial charge in [-0.3, -0.25) is 14.4 Å². The highest BCUT2D eigenvalue weighted by Gasteiger charge is 2.35. The summed E-state index contributed by atoms with van der Waals surface area (Å²) in [5.74, 6) is -0.626. The zero-order chi connectivity index (χ0) is 20.7. The Balaban J connectivity index is 2.03. The van der Waals surface area contributed by atoms with Crippen molar-refractivity contribution in [1.82, 2.24) is 10.6 Å². The maximum atomic E-state index is 12.7. The Morgan fingerprint density at radius 3 is 2.43 bits per heavy atom. The summed E-state index contributed by atoms with van der Waals surface area (Å²) in [5.41, 5.74) is 1.43. The summed E-state index contributed by atoms with van der Waals surface area (Å²) in [5, 5.41) is 8.80. The minimum Gasteiger partial charge on any atom is -0.385 e. The van der Waals surface area contributed by atoms with E-state index in [2.05, 4.69) is 22.9 Å². The highest BCUT2D eigenvalue weighted by Crippen LogP contribution is 2.13. The summed E-state index contributed by atoms with van der Waals surface area (Å²) in [6.45, 7) is 8.66. The molecule has 1 saturated heterocycles. The lowest BCUT2D eigenvalue weighted by molar-refractivity contribution is -0.127. The molecule has 3 atom stereocenters. The normalized spacial score (nSPS) is 20.1. The second-order valence-corrected chi connectivity index (χ2v) is 7.63. The molecule has 0 bridgehead atoms. The van der Waals surface area contributed by atoms with Gasteiger partial charge < -0.3 is 20.7 Å². The Hall–Kier alpha value is -2.41. The lowest BCUT2D eigenvalue weighted by Crippen LogP contribution is -2.53. The fourth-order valence-electron chi connectivity index (χ4n) is 3.07. The number of amides is 2. The predicted molar refractivity (Wildman–Crippen MR) is 108 cm³/mol. The average Bonchev–Trinajstić information content (AvgIpc) is 2.97. The lowest BCUT2D eigenvalue weighted by atomic mass is 10.0. The Morgan fingerprint density at radius 1 is 1.21 bits per heavy atom. The molecular formula is C21H31N3O4. The molecule has 0 spiro atoms. The molecule has 0 saturated carbocycles. The van der Waals surface area contributed by atoms with Crippen LogP contribution < -0.4 is 16.0 Å². The summed E-state index contributed by atoms with van der Waals surface area (Å²) >= 11 is 0. The van der Waals surface area contributed by atoms with Gasteiger partial charge in [-0.2, -0.15) is 0 Å². The number of carbonyl (C=O) groups excluding carboxylic acids is 3. The molecule has 0 aromatic heterocycles. The van der Waals surface area contributed by atoms with Gasteiger partial charge in [0.2, 0.25) is 5.91 Å². The van der Waals surface area contributed by atoms with Gasteiger partial charge in [0.25, 0.3) is 5.91 Å². The maximum absolute atomic E-state index is 12.7. The van der Waals surface area contributed by atoms with Crippen LogP contribution in [0.4, 0.5) is 5.69 Å². The molecule has 0 aliphatic carbocycles. The molecule has 154 valence electrons. The van der Waals surface area contributed by atoms with Crippen molar-refractivity contribution >= 4 is 23.3 Å². The van der Waals surface area contributed by atoms with E-state index >= 15 is 0 Å². The van der Waals surface area contributed by atoms with Crippen LogP contribution in [0.1, 0.15) is 50.9 Å². The van der Waals surface area contributed by atoms with Crippen molar-refractivity contribution in [2.45, 2.75) is 58.7 Å². The molecule has 0 unspecified atom stereocenters. The first-order chi connectivity index (χ1) is 13.3. The first-order valence-electron chi connectivity index (χ1n) is 9.91. The SMILES string of the molecule is CCCNc1ccc(C(=O)N[C@@H](CC(C)C)C(=O)N[C@@H]2C(=O)CO[C@@H]2C)cc1. The third-order valence-electron chi connectivity index (χ3n) is 4.66. The van der Waals surface area contributed by atoms with Gasteiger partial charge in [0.1, 0.15) is 18.7 Å². The van der Waals surface area contributed by atoms with Crippen molar-refractivity contribution in [3.8, 4) is 0 Å². The molecule has 3 N–H and O–H groups in total. The zero-order valence-corrected chi connectivity index (χ0v) is 17.1. The van der Waals surface area contributed by atoms with Gasteiger partial charge in [0.15, 0.2) is 5.78 Å². The second kappa shape index (κ2) is 10.2. The number of ketones is 1. The summed E-state index contributed by atoms with van der Waals surface area (Å²) in [7, 11) is 0. The molecule has 7 nitrogen and oxygen atoms in total. The van der Waals surface area contributed by atoms with E-state index in [0.717, 1.165) is 18.7 Å². The van der Waals surface area contributed by atoms with Crippen LogP contribution in [0.3, 0.4) is 0 Å². The van der Waals surface area contributed by atoms with Gasteiger partial charge >= 0.3 is 0 Å². The number of carbonyl (C=O) groups is 3. The molecule has 1 aromatic rings. The van der Waals surface area contributed by atoms with Gasteiger partial charge in [-0.25, -0.2) is 0 Å². The van der Waals surface area contributed by atoms with Crippen molar-refractivity contribution in [3.05, 3.63) is 29.8 Å². The van der Waals surface area contributed by atoms with Crippen molar-refractivity contribution in [2.24, 2.45) is 5.92 Å². The number of nitrogens with one attached hydrogen (secondary N) is 3. The van der Waals surface area contributed by atoms with E-state index in [4.69, 9.17) is 4.74 Å². The quantitative estimate of drug-likeness (QED) is 0.601. The number of ether oxygens (including phenoxy) is 1. The molecule has 0 radical (unpaired) electrons. The van der Waals surface area contributed by atoms with Gasteiger partial charge in [-0.05, 0) is 49.9 Å². The van der Waals surface area contributed by atoms with E-state index in [1.165, 1.54) is 0 Å². The van der Waals surface area contributed by atoms with Crippen molar-refractivity contribution in [2.75, 3.05) is 18.5 Å². The van der Waals surface area contributed by atoms with E-state index in [0.29, 0.717) is 12.0 Å². The third kappa shape index (κ3) is 6.05. The van der Waals surface area contributed by atoms with Crippen LogP contribution in [0.15, 0.2) is 24.3 Å². The van der Waals surface area contributed by atoms with Gasteiger partial charge in [0, 0.05) is 17.8 Å². The predicted octanol–water partition coefficient (Wildman–Crippen LogP) is 2.13. The van der Waals surface area contributed by atoms with Crippen LogP contribution in [0.2, 0.25) is 0 Å². The standard InChI is InChI=1S/C21H31N3O4/c1-5-10-22-16-8-6-15(7-9-16)20(26)23-17(11-13(2)3)21(27)24-19-14(4)28-12-18(19)25/h6-9,13-14,17,19,22H,5,10-12H2,1-4H3,(H,23,26)(H,24,27)/t14-,17+,19+/m1/s1. The Labute approximate surface area is 166 Å². The molecule has 1 fully saturated rings. The molecule has 1 aliphatic rings. The zero-order valence-electron chi connectivity index (χ0n) is 17.1. The number of rotatable bonds is 9. The van der Waals surface area contributed by atoms with Crippen LogP contribution in [-0.2, 0) is 14.3 Å². The van der Waals surface area contributed by atoms with Crippen LogP contribution in [0.5, 0.6) is 0 Å². The van der Waals surface area contributed by atoms with E-state index in [-0.39, 0.29) is 36.2 Å². The highest BCUT2D eigenvalue weighted by molar-refractivity contribution is 5.99. The highest BCUT2D eigenvalue weighted by atomic mass is 16.5. The Bertz CT molecular complexity index is 687. The first-order valence-corrected chi connectivity index (χ1v) is 9.91. The van der Waals surface area contributed by atoms with E-state index in [1.807, 2.05) is 26.0 Å².